The molecule has 1 heterocycles. The van der Waals surface area contributed by atoms with Crippen LogP contribution in [0.3, 0.4) is 0 Å². The molecule has 0 bridgehead atoms. The number of carbonyl (C=O) groups excluding carboxylic acids is 2. The number of para-hydroxylation sites is 1. The Bertz CT molecular complexity index is 815. The van der Waals surface area contributed by atoms with Gasteiger partial charge in [0.25, 0.3) is 5.91 Å². The number of methoxy groups -OCH3 is 1. The summed E-state index contributed by atoms with van der Waals surface area (Å²) in [6.45, 7) is 0. The summed E-state index contributed by atoms with van der Waals surface area (Å²) in [6, 6.07) is 17.0. The van der Waals surface area contributed by atoms with E-state index in [1.165, 1.54) is 7.11 Å². The quantitative estimate of drug-likeness (QED) is 0.677. The summed E-state index contributed by atoms with van der Waals surface area (Å²) in [5, 5.41) is 0.886. The topological polar surface area (TPSA) is 48.3 Å². The second kappa shape index (κ2) is 5.25. The predicted molar refractivity (Wildman–Crippen MR) is 78.3 cm³/mol. The van der Waals surface area contributed by atoms with Gasteiger partial charge in [-0.25, -0.2) is 4.79 Å². The molecule has 2 aromatic carbocycles. The smallest absolute Gasteiger partial charge is 0.337 e. The number of esters is 1. The molecule has 1 radical (unpaired) electrons. The molecule has 0 fully saturated rings. The van der Waals surface area contributed by atoms with E-state index in [1.807, 2.05) is 24.3 Å². The van der Waals surface area contributed by atoms with Crippen molar-refractivity contribution in [2.24, 2.45) is 0 Å². The van der Waals surface area contributed by atoms with Gasteiger partial charge in [-0.05, 0) is 30.3 Å². The molecule has 21 heavy (non-hydrogen) atoms. The van der Waals surface area contributed by atoms with Crippen LogP contribution in [0.2, 0.25) is 0 Å². The Hall–Kier alpha value is -2.88. The normalized spacial score (nSPS) is 10.5. The number of carbonyl (C=O) groups is 2. The first kappa shape index (κ1) is 13.1. The van der Waals surface area contributed by atoms with E-state index in [1.54, 1.807) is 35.0 Å². The maximum atomic E-state index is 12.5. The van der Waals surface area contributed by atoms with Gasteiger partial charge in [-0.2, -0.15) is 0 Å². The Kier molecular flexibility index (Phi) is 3.28. The van der Waals surface area contributed by atoms with Crippen LogP contribution in [-0.4, -0.2) is 23.6 Å². The second-order valence-electron chi connectivity index (χ2n) is 4.53. The van der Waals surface area contributed by atoms with Crippen molar-refractivity contribution in [3.05, 3.63) is 71.9 Å². The predicted octanol–water partition coefficient (Wildman–Crippen LogP) is 2.92. The summed E-state index contributed by atoms with van der Waals surface area (Å²) in [7, 11) is 1.32. The summed E-state index contributed by atoms with van der Waals surface area (Å²) in [6.07, 6.45) is 1.63. The first-order valence-electron chi connectivity index (χ1n) is 6.41. The number of aromatic nitrogens is 1. The largest absolute Gasteiger partial charge is 0.465 e. The second-order valence-corrected chi connectivity index (χ2v) is 4.53. The van der Waals surface area contributed by atoms with E-state index >= 15 is 0 Å². The van der Waals surface area contributed by atoms with Gasteiger partial charge in [-0.1, -0.05) is 18.2 Å². The Labute approximate surface area is 121 Å². The van der Waals surface area contributed by atoms with Crippen molar-refractivity contribution < 1.29 is 14.3 Å². The highest BCUT2D eigenvalue weighted by Gasteiger charge is 2.12. The van der Waals surface area contributed by atoms with Gasteiger partial charge in [0.2, 0.25) is 0 Å². The van der Waals surface area contributed by atoms with Gasteiger partial charge in [0, 0.05) is 23.2 Å². The zero-order valence-corrected chi connectivity index (χ0v) is 11.4. The Morgan fingerprint density at radius 3 is 2.38 bits per heavy atom. The molecule has 0 unspecified atom stereocenters. The van der Waals surface area contributed by atoms with E-state index in [0.29, 0.717) is 11.1 Å². The standard InChI is InChI=1S/C17H12NO3/c1-21-17(20)14-8-6-13(7-9-14)16(19)18-11-10-12-4-2-3-5-15(12)18/h2-9,11H,1H3. The van der Waals surface area contributed by atoms with Gasteiger partial charge in [0.05, 0.1) is 18.2 Å². The van der Waals surface area contributed by atoms with Crippen LogP contribution in [0.15, 0.2) is 54.7 Å². The summed E-state index contributed by atoms with van der Waals surface area (Å²) in [5.41, 5.74) is 1.72. The van der Waals surface area contributed by atoms with Crippen molar-refractivity contribution >= 4 is 22.8 Å². The van der Waals surface area contributed by atoms with Crippen LogP contribution in [-0.2, 0) is 4.74 Å². The lowest BCUT2D eigenvalue weighted by Crippen LogP contribution is -2.11. The average molecular weight is 278 g/mol. The molecule has 0 amide bonds. The third kappa shape index (κ3) is 2.31. The number of rotatable bonds is 2. The Morgan fingerprint density at radius 2 is 1.67 bits per heavy atom. The lowest BCUT2D eigenvalue weighted by Gasteiger charge is -2.05. The van der Waals surface area contributed by atoms with Gasteiger partial charge in [-0.3, -0.25) is 9.36 Å². The zero-order valence-electron chi connectivity index (χ0n) is 11.4. The molecule has 0 spiro atoms. The molecule has 0 atom stereocenters. The summed E-state index contributed by atoms with van der Waals surface area (Å²) in [4.78, 5) is 23.9. The van der Waals surface area contributed by atoms with Gasteiger partial charge in [-0.15, -0.1) is 0 Å². The molecule has 4 heteroatoms. The molecule has 0 N–H and O–H groups in total. The molecular formula is C17H12NO3. The van der Waals surface area contributed by atoms with Crippen LogP contribution in [0.1, 0.15) is 20.7 Å². The minimum absolute atomic E-state index is 0.163. The van der Waals surface area contributed by atoms with Crippen LogP contribution in [0, 0.1) is 6.07 Å². The number of hydrogen-bond acceptors (Lipinski definition) is 3. The van der Waals surface area contributed by atoms with E-state index in [2.05, 4.69) is 10.8 Å². The van der Waals surface area contributed by atoms with Gasteiger partial charge in [0.1, 0.15) is 0 Å². The molecular weight excluding hydrogens is 266 g/mol. The van der Waals surface area contributed by atoms with Crippen molar-refractivity contribution in [2.45, 2.75) is 0 Å². The highest BCUT2D eigenvalue weighted by Crippen LogP contribution is 2.16. The third-order valence-electron chi connectivity index (χ3n) is 3.28. The van der Waals surface area contributed by atoms with Crippen molar-refractivity contribution in [2.75, 3.05) is 7.11 Å². The monoisotopic (exact) mass is 278 g/mol. The van der Waals surface area contributed by atoms with Crippen LogP contribution >= 0.6 is 0 Å². The van der Waals surface area contributed by atoms with Crippen molar-refractivity contribution in [1.82, 2.24) is 4.57 Å². The van der Waals surface area contributed by atoms with E-state index in [9.17, 15) is 9.59 Å². The van der Waals surface area contributed by atoms with Gasteiger partial charge >= 0.3 is 5.97 Å². The Morgan fingerprint density at radius 1 is 1.00 bits per heavy atom. The first-order valence-corrected chi connectivity index (χ1v) is 6.41. The summed E-state index contributed by atoms with van der Waals surface area (Å²) in [5.74, 6) is -0.586. The molecule has 0 aliphatic heterocycles. The first-order chi connectivity index (χ1) is 10.2. The molecule has 4 nitrogen and oxygen atoms in total. The fourth-order valence-corrected chi connectivity index (χ4v) is 2.18. The Balaban J connectivity index is 1.97. The number of hydrogen-bond donors (Lipinski definition) is 0. The van der Waals surface area contributed by atoms with Crippen molar-refractivity contribution in [1.29, 1.82) is 0 Å². The van der Waals surface area contributed by atoms with Gasteiger partial charge < -0.3 is 4.74 Å². The highest BCUT2D eigenvalue weighted by molar-refractivity contribution is 6.02. The molecule has 0 saturated heterocycles. The zero-order chi connectivity index (χ0) is 14.8. The number of ether oxygens (including phenoxy) is 1. The minimum Gasteiger partial charge on any atom is -0.465 e. The molecule has 1 aromatic heterocycles. The van der Waals surface area contributed by atoms with Crippen LogP contribution in [0.5, 0.6) is 0 Å². The highest BCUT2D eigenvalue weighted by atomic mass is 16.5. The molecule has 3 rings (SSSR count). The fourth-order valence-electron chi connectivity index (χ4n) is 2.18. The third-order valence-corrected chi connectivity index (χ3v) is 3.28. The maximum absolute atomic E-state index is 12.5. The summed E-state index contributed by atoms with van der Waals surface area (Å²) < 4.78 is 6.18. The fraction of sp³-hybridized carbons (Fsp3) is 0.0588. The van der Waals surface area contributed by atoms with Crippen molar-refractivity contribution in [3.63, 3.8) is 0 Å². The lowest BCUT2D eigenvalue weighted by atomic mass is 10.1. The minimum atomic E-state index is -0.422. The average Bonchev–Trinajstić information content (AvgIpc) is 2.97. The number of nitrogens with zero attached hydrogens (tertiary/aromatic N) is 1. The SMILES string of the molecule is COC(=O)c1ccc(C(=O)n2c[c]c3ccccc32)cc1. The van der Waals surface area contributed by atoms with E-state index in [-0.39, 0.29) is 5.91 Å². The molecule has 0 saturated carbocycles. The van der Waals surface area contributed by atoms with Gasteiger partial charge in [0.15, 0.2) is 0 Å². The molecule has 0 aliphatic carbocycles. The van der Waals surface area contributed by atoms with E-state index in [4.69, 9.17) is 0 Å². The number of fused-ring (bicyclic) bond motifs is 1. The maximum Gasteiger partial charge on any atom is 0.337 e. The summed E-state index contributed by atoms with van der Waals surface area (Å²) >= 11 is 0. The lowest BCUT2D eigenvalue weighted by molar-refractivity contribution is 0.0600. The van der Waals surface area contributed by atoms with E-state index < -0.39 is 5.97 Å². The van der Waals surface area contributed by atoms with Crippen molar-refractivity contribution in [3.8, 4) is 0 Å². The molecule has 0 aliphatic rings. The molecule has 3 aromatic rings. The van der Waals surface area contributed by atoms with Crippen LogP contribution in [0.4, 0.5) is 0 Å². The van der Waals surface area contributed by atoms with Crippen LogP contribution in [0.25, 0.3) is 10.9 Å². The van der Waals surface area contributed by atoms with E-state index in [0.717, 1.165) is 10.9 Å². The van der Waals surface area contributed by atoms with Crippen LogP contribution < -0.4 is 0 Å². The number of benzene rings is 2. The molecule has 103 valence electrons.